The van der Waals surface area contributed by atoms with Crippen molar-refractivity contribution in [3.8, 4) is 0 Å². The van der Waals surface area contributed by atoms with Crippen LogP contribution in [0, 0.1) is 8.98 Å². The summed E-state index contributed by atoms with van der Waals surface area (Å²) in [4.78, 5) is 4.21. The molecule has 2 heterocycles. The Kier molecular flexibility index (Phi) is 2.37. The van der Waals surface area contributed by atoms with Gasteiger partial charge in [0.05, 0.1) is 15.0 Å². The van der Waals surface area contributed by atoms with Crippen LogP contribution in [-0.2, 0) is 0 Å². The summed E-state index contributed by atoms with van der Waals surface area (Å²) in [6, 6.07) is 1.97. The first-order valence-corrected chi connectivity index (χ1v) is 5.89. The third kappa shape index (κ3) is 1.51. The second-order valence-electron chi connectivity index (χ2n) is 2.74. The Labute approximate surface area is 97.9 Å². The summed E-state index contributed by atoms with van der Waals surface area (Å²) in [6.45, 7) is 1.77. The average molecular weight is 325 g/mol. The average Bonchev–Trinajstić information content (AvgIpc) is 2.55. The van der Waals surface area contributed by atoms with Crippen LogP contribution in [0.4, 0.5) is 0 Å². The van der Waals surface area contributed by atoms with Crippen molar-refractivity contribution < 1.29 is 0 Å². The number of rotatable bonds is 1. The molecule has 2 aromatic rings. The first kappa shape index (κ1) is 9.48. The molecule has 0 aliphatic rings. The highest BCUT2D eigenvalue weighted by molar-refractivity contribution is 14.1. The Bertz CT molecular complexity index is 486. The highest BCUT2D eigenvalue weighted by Crippen LogP contribution is 2.36. The molecule has 0 atom stereocenters. The van der Waals surface area contributed by atoms with Gasteiger partial charge in [-0.25, -0.2) is 0 Å². The molecule has 0 aromatic carbocycles. The third-order valence-corrected chi connectivity index (χ3v) is 4.92. The van der Waals surface area contributed by atoms with Gasteiger partial charge >= 0.3 is 0 Å². The maximum atomic E-state index is 7.47. The Morgan fingerprint density at radius 1 is 1.69 bits per heavy atom. The molecular weight excluding hydrogens is 319 g/mol. The molecule has 0 aliphatic carbocycles. The van der Waals surface area contributed by atoms with Gasteiger partial charge in [0, 0.05) is 5.39 Å². The van der Waals surface area contributed by atoms with Crippen LogP contribution in [0.25, 0.3) is 10.2 Å². The van der Waals surface area contributed by atoms with Gasteiger partial charge in [-0.15, -0.1) is 11.3 Å². The van der Waals surface area contributed by atoms with Crippen LogP contribution >= 0.6 is 45.5 Å². The molecule has 2 N–H and O–H groups in total. The summed E-state index contributed by atoms with van der Waals surface area (Å²) in [5.74, 6) is 0. The predicted molar refractivity (Wildman–Crippen MR) is 66.4 cm³/mol. The van der Waals surface area contributed by atoms with Crippen molar-refractivity contribution >= 4 is 61.5 Å². The molecule has 0 radical (unpaired) electrons. The maximum Gasteiger partial charge on any atom is 0.109 e. The van der Waals surface area contributed by atoms with Crippen molar-refractivity contribution in [2.75, 3.05) is 0 Å². The smallest absolute Gasteiger partial charge is 0.109 e. The molecule has 0 amide bonds. The van der Waals surface area contributed by atoms with E-state index in [0.717, 1.165) is 23.8 Å². The number of halogens is 2. The predicted octanol–water partition coefficient (Wildman–Crippen LogP) is 3.88. The number of hydrogen-bond donors (Lipinski definition) is 2. The maximum absolute atomic E-state index is 7.47. The first-order chi connectivity index (χ1) is 6.09. The lowest BCUT2D eigenvalue weighted by Crippen LogP contribution is -1.89. The number of aromatic nitrogens is 1. The first-order valence-electron chi connectivity index (χ1n) is 3.61. The molecule has 0 spiro atoms. The van der Waals surface area contributed by atoms with Crippen molar-refractivity contribution in [3.05, 3.63) is 19.7 Å². The zero-order valence-corrected chi connectivity index (χ0v) is 10.5. The number of thiophene rings is 1. The normalized spacial score (nSPS) is 11.0. The number of aromatic amines is 1. The highest BCUT2D eigenvalue weighted by Gasteiger charge is 2.11. The van der Waals surface area contributed by atoms with Crippen LogP contribution in [0.5, 0.6) is 0 Å². The van der Waals surface area contributed by atoms with E-state index >= 15 is 0 Å². The van der Waals surface area contributed by atoms with Gasteiger partial charge < -0.3 is 10.4 Å². The van der Waals surface area contributed by atoms with Crippen LogP contribution in [-0.4, -0.2) is 10.7 Å². The monoisotopic (exact) mass is 324 g/mol. The lowest BCUT2D eigenvalue weighted by atomic mass is 10.3. The number of fused-ring (bicyclic) bond motifs is 1. The molecule has 13 heavy (non-hydrogen) atoms. The molecule has 0 saturated heterocycles. The van der Waals surface area contributed by atoms with Crippen molar-refractivity contribution in [2.45, 2.75) is 6.92 Å². The van der Waals surface area contributed by atoms with E-state index in [1.165, 1.54) is 11.3 Å². The van der Waals surface area contributed by atoms with Crippen LogP contribution in [0.2, 0.25) is 4.34 Å². The Morgan fingerprint density at radius 2 is 2.38 bits per heavy atom. The largest absolute Gasteiger partial charge is 0.345 e. The lowest BCUT2D eigenvalue weighted by molar-refractivity contribution is 1.37. The van der Waals surface area contributed by atoms with E-state index < -0.39 is 0 Å². The fraction of sp³-hybridized carbons (Fsp3) is 0.125. The third-order valence-electron chi connectivity index (χ3n) is 1.79. The fourth-order valence-electron chi connectivity index (χ4n) is 1.12. The number of hydrogen-bond acceptors (Lipinski definition) is 2. The standard InChI is InChI=1S/C8H6ClIN2S/c1-3(11)5-2-4-6(10)7(9)13-8(4)12-5/h2,11-12H,1H3. The molecule has 2 aromatic heterocycles. The fourth-order valence-corrected chi connectivity index (χ4v) is 3.20. The van der Waals surface area contributed by atoms with E-state index in [4.69, 9.17) is 17.0 Å². The van der Waals surface area contributed by atoms with E-state index in [0.29, 0.717) is 5.71 Å². The summed E-state index contributed by atoms with van der Waals surface area (Å²) in [7, 11) is 0. The van der Waals surface area contributed by atoms with E-state index in [1.807, 2.05) is 6.07 Å². The summed E-state index contributed by atoms with van der Waals surface area (Å²) in [5, 5.41) is 8.59. The van der Waals surface area contributed by atoms with E-state index in [2.05, 4.69) is 27.6 Å². The molecular formula is C8H6ClIN2S. The summed E-state index contributed by atoms with van der Waals surface area (Å²) < 4.78 is 1.89. The molecule has 0 unspecified atom stereocenters. The zero-order chi connectivity index (χ0) is 9.59. The van der Waals surface area contributed by atoms with Gasteiger partial charge in [-0.05, 0) is 35.6 Å². The molecule has 0 fully saturated rings. The van der Waals surface area contributed by atoms with E-state index in [9.17, 15) is 0 Å². The summed E-state index contributed by atoms with van der Waals surface area (Å²) in [6.07, 6.45) is 0. The van der Waals surface area contributed by atoms with Gasteiger partial charge in [-0.2, -0.15) is 0 Å². The SMILES string of the molecule is CC(=N)c1cc2c(I)c(Cl)sc2[nH]1. The number of H-pyrrole nitrogens is 1. The minimum Gasteiger partial charge on any atom is -0.345 e. The van der Waals surface area contributed by atoms with E-state index in [1.54, 1.807) is 6.92 Å². The molecule has 5 heteroatoms. The zero-order valence-electron chi connectivity index (χ0n) is 6.74. The van der Waals surface area contributed by atoms with Gasteiger partial charge in [0.2, 0.25) is 0 Å². The minimum absolute atomic E-state index is 0.551. The van der Waals surface area contributed by atoms with Crippen LogP contribution in [0.15, 0.2) is 6.07 Å². The van der Waals surface area contributed by atoms with Crippen LogP contribution in [0.3, 0.4) is 0 Å². The van der Waals surface area contributed by atoms with E-state index in [-0.39, 0.29) is 0 Å². The van der Waals surface area contributed by atoms with Crippen molar-refractivity contribution in [3.63, 3.8) is 0 Å². The quantitative estimate of drug-likeness (QED) is 0.590. The second kappa shape index (κ2) is 3.25. The van der Waals surface area contributed by atoms with Crippen molar-refractivity contribution in [1.82, 2.24) is 4.98 Å². The molecule has 0 saturated carbocycles. The molecule has 2 rings (SSSR count). The molecule has 68 valence electrons. The van der Waals surface area contributed by atoms with Crippen molar-refractivity contribution in [1.29, 1.82) is 5.41 Å². The number of nitrogens with one attached hydrogen (secondary N) is 2. The second-order valence-corrected chi connectivity index (χ2v) is 5.44. The Hall–Kier alpha value is -0.0700. The summed E-state index contributed by atoms with van der Waals surface area (Å²) in [5.41, 5.74) is 1.42. The minimum atomic E-state index is 0.551. The van der Waals surface area contributed by atoms with Gasteiger partial charge in [-0.1, -0.05) is 11.6 Å². The van der Waals surface area contributed by atoms with Gasteiger partial charge in [0.25, 0.3) is 0 Å². The van der Waals surface area contributed by atoms with Crippen LogP contribution in [0.1, 0.15) is 12.6 Å². The van der Waals surface area contributed by atoms with Gasteiger partial charge in [0.1, 0.15) is 9.17 Å². The lowest BCUT2D eigenvalue weighted by Gasteiger charge is -1.88. The van der Waals surface area contributed by atoms with Crippen LogP contribution < -0.4 is 0 Å². The summed E-state index contributed by atoms with van der Waals surface area (Å²) >= 11 is 9.71. The van der Waals surface area contributed by atoms with Gasteiger partial charge in [-0.3, -0.25) is 0 Å². The Morgan fingerprint density at radius 3 is 2.92 bits per heavy atom. The molecule has 2 nitrogen and oxygen atoms in total. The van der Waals surface area contributed by atoms with Gasteiger partial charge in [0.15, 0.2) is 0 Å². The molecule has 0 bridgehead atoms. The topological polar surface area (TPSA) is 39.6 Å². The Balaban J connectivity index is 2.72. The molecule has 0 aliphatic heterocycles. The van der Waals surface area contributed by atoms with Crippen molar-refractivity contribution in [2.24, 2.45) is 0 Å². The highest BCUT2D eigenvalue weighted by atomic mass is 127.